The molecule has 24 heavy (non-hydrogen) atoms. The minimum Gasteiger partial charge on any atom is -0.308 e. The Morgan fingerprint density at radius 2 is 1.96 bits per heavy atom. The topological polar surface area (TPSA) is 110 Å². The van der Waals surface area contributed by atoms with Crippen LogP contribution in [0, 0.1) is 0 Å². The molecule has 9 heteroatoms. The summed E-state index contributed by atoms with van der Waals surface area (Å²) < 4.78 is 24.5. The third-order valence-corrected chi connectivity index (χ3v) is 5.46. The SMILES string of the molecule is O=C(NC(=O)c1cnn([C@H]2CCS(=O)(=O)C2)c1)Nc1ccccc1. The number of nitrogens with one attached hydrogen (secondary N) is 2. The van der Waals surface area contributed by atoms with Gasteiger partial charge in [0.2, 0.25) is 0 Å². The van der Waals surface area contributed by atoms with Gasteiger partial charge in [-0.05, 0) is 18.6 Å². The molecule has 0 saturated carbocycles. The largest absolute Gasteiger partial charge is 0.326 e. The number of para-hydroxylation sites is 1. The fourth-order valence-corrected chi connectivity index (χ4v) is 4.20. The van der Waals surface area contributed by atoms with Crippen molar-refractivity contribution >= 4 is 27.5 Å². The first-order valence-corrected chi connectivity index (χ1v) is 9.17. The molecule has 1 aliphatic rings. The standard InChI is InChI=1S/C15H16N4O4S/c20-14(18-15(21)17-12-4-2-1-3-5-12)11-8-16-19(9-11)13-6-7-24(22,23)10-13/h1-5,8-9,13H,6-7,10H2,(H2,17,18,20,21)/t13-/m0/s1. The van der Waals surface area contributed by atoms with Crippen LogP contribution >= 0.6 is 0 Å². The summed E-state index contributed by atoms with van der Waals surface area (Å²) in [4.78, 5) is 23.9. The smallest absolute Gasteiger partial charge is 0.308 e. The minimum atomic E-state index is -3.03. The number of benzene rings is 1. The first kappa shape index (κ1) is 16.2. The molecule has 2 N–H and O–H groups in total. The highest BCUT2D eigenvalue weighted by Gasteiger charge is 2.30. The highest BCUT2D eigenvalue weighted by atomic mass is 32.2. The van der Waals surface area contributed by atoms with Crippen LogP contribution in [0.4, 0.5) is 10.5 Å². The van der Waals surface area contributed by atoms with Crippen LogP contribution in [0.3, 0.4) is 0 Å². The summed E-state index contributed by atoms with van der Waals surface area (Å²) in [5, 5.41) is 8.78. The molecule has 0 unspecified atom stereocenters. The van der Waals surface area contributed by atoms with Gasteiger partial charge in [0.1, 0.15) is 0 Å². The van der Waals surface area contributed by atoms with Crippen LogP contribution in [0.1, 0.15) is 22.8 Å². The predicted molar refractivity (Wildman–Crippen MR) is 87.5 cm³/mol. The van der Waals surface area contributed by atoms with E-state index in [1.807, 2.05) is 6.07 Å². The van der Waals surface area contributed by atoms with Crippen LogP contribution in [0.2, 0.25) is 0 Å². The van der Waals surface area contributed by atoms with Gasteiger partial charge in [-0.15, -0.1) is 0 Å². The number of hydrogen-bond donors (Lipinski definition) is 2. The second-order valence-electron chi connectivity index (χ2n) is 5.54. The van der Waals surface area contributed by atoms with Crippen LogP contribution in [0.15, 0.2) is 42.7 Å². The van der Waals surface area contributed by atoms with Crippen LogP contribution < -0.4 is 10.6 Å². The maximum absolute atomic E-state index is 12.1. The molecular weight excluding hydrogens is 332 g/mol. The number of hydrogen-bond acceptors (Lipinski definition) is 5. The Bertz CT molecular complexity index is 861. The van der Waals surface area contributed by atoms with E-state index < -0.39 is 21.8 Å². The number of urea groups is 1. The zero-order valence-corrected chi connectivity index (χ0v) is 13.5. The molecule has 1 aromatic carbocycles. The highest BCUT2D eigenvalue weighted by Crippen LogP contribution is 2.23. The van der Waals surface area contributed by atoms with E-state index in [2.05, 4.69) is 15.7 Å². The second-order valence-corrected chi connectivity index (χ2v) is 7.77. The lowest BCUT2D eigenvalue weighted by Gasteiger charge is -2.07. The number of rotatable bonds is 3. The van der Waals surface area contributed by atoms with Crippen molar-refractivity contribution in [2.75, 3.05) is 16.8 Å². The molecule has 0 bridgehead atoms. The molecule has 1 aliphatic heterocycles. The molecule has 0 spiro atoms. The first-order chi connectivity index (χ1) is 11.4. The van der Waals surface area contributed by atoms with Gasteiger partial charge in [-0.1, -0.05) is 18.2 Å². The van der Waals surface area contributed by atoms with Crippen molar-refractivity contribution in [3.8, 4) is 0 Å². The molecular formula is C15H16N4O4S. The molecule has 2 aromatic rings. The molecule has 1 saturated heterocycles. The Morgan fingerprint density at radius 3 is 2.62 bits per heavy atom. The van der Waals surface area contributed by atoms with E-state index in [0.717, 1.165) is 0 Å². The summed E-state index contributed by atoms with van der Waals surface area (Å²) in [5.74, 6) is -0.460. The zero-order chi connectivity index (χ0) is 17.2. The Kier molecular flexibility index (Phi) is 4.34. The zero-order valence-electron chi connectivity index (χ0n) is 12.7. The van der Waals surface area contributed by atoms with Crippen molar-refractivity contribution in [1.82, 2.24) is 15.1 Å². The van der Waals surface area contributed by atoms with Crippen LogP contribution in [0.5, 0.6) is 0 Å². The van der Waals surface area contributed by atoms with Crippen molar-refractivity contribution in [3.63, 3.8) is 0 Å². The summed E-state index contributed by atoms with van der Waals surface area (Å²) in [6, 6.07) is 7.81. The fourth-order valence-electron chi connectivity index (χ4n) is 2.50. The van der Waals surface area contributed by atoms with Crippen LogP contribution in [-0.4, -0.2) is 41.6 Å². The highest BCUT2D eigenvalue weighted by molar-refractivity contribution is 7.91. The Hall–Kier alpha value is -2.68. The normalized spacial score (nSPS) is 18.9. The lowest BCUT2D eigenvalue weighted by molar-refractivity contribution is 0.0967. The van der Waals surface area contributed by atoms with Crippen LogP contribution in [-0.2, 0) is 9.84 Å². The lowest BCUT2D eigenvalue weighted by Crippen LogP contribution is -2.34. The molecule has 1 aromatic heterocycles. The summed E-state index contributed by atoms with van der Waals surface area (Å²) >= 11 is 0. The third-order valence-electron chi connectivity index (χ3n) is 3.70. The molecule has 2 heterocycles. The van der Waals surface area contributed by atoms with Gasteiger partial charge in [0.05, 0.1) is 29.3 Å². The van der Waals surface area contributed by atoms with E-state index in [1.165, 1.54) is 17.1 Å². The third kappa shape index (κ3) is 3.80. The summed E-state index contributed by atoms with van der Waals surface area (Å²) in [5.41, 5.74) is 0.761. The number of aromatic nitrogens is 2. The second kappa shape index (κ2) is 6.44. The molecule has 1 atom stereocenters. The van der Waals surface area contributed by atoms with Gasteiger partial charge in [0.25, 0.3) is 5.91 Å². The quantitative estimate of drug-likeness (QED) is 0.866. The van der Waals surface area contributed by atoms with E-state index in [0.29, 0.717) is 12.1 Å². The molecule has 0 aliphatic carbocycles. The maximum atomic E-state index is 12.1. The number of sulfone groups is 1. The van der Waals surface area contributed by atoms with Gasteiger partial charge >= 0.3 is 6.03 Å². The molecule has 1 fully saturated rings. The molecule has 8 nitrogen and oxygen atoms in total. The van der Waals surface area contributed by atoms with Crippen molar-refractivity contribution in [3.05, 3.63) is 48.3 Å². The summed E-state index contributed by atoms with van der Waals surface area (Å²) in [6.45, 7) is 0. The average molecular weight is 348 g/mol. The fraction of sp³-hybridized carbons (Fsp3) is 0.267. The molecule has 3 rings (SSSR count). The summed E-state index contributed by atoms with van der Waals surface area (Å²) in [6.07, 6.45) is 3.24. The molecule has 3 amide bonds. The number of imide groups is 1. The van der Waals surface area contributed by atoms with E-state index in [9.17, 15) is 18.0 Å². The van der Waals surface area contributed by atoms with Crippen molar-refractivity contribution in [2.45, 2.75) is 12.5 Å². The van der Waals surface area contributed by atoms with E-state index in [1.54, 1.807) is 24.3 Å². The monoisotopic (exact) mass is 348 g/mol. The van der Waals surface area contributed by atoms with E-state index >= 15 is 0 Å². The van der Waals surface area contributed by atoms with Gasteiger partial charge in [0.15, 0.2) is 9.84 Å². The number of anilines is 1. The van der Waals surface area contributed by atoms with Gasteiger partial charge in [-0.3, -0.25) is 14.8 Å². The van der Waals surface area contributed by atoms with Crippen LogP contribution in [0.25, 0.3) is 0 Å². The van der Waals surface area contributed by atoms with Gasteiger partial charge < -0.3 is 5.32 Å². The maximum Gasteiger partial charge on any atom is 0.326 e. The molecule has 0 radical (unpaired) electrons. The van der Waals surface area contributed by atoms with E-state index in [4.69, 9.17) is 0 Å². The Morgan fingerprint density at radius 1 is 1.21 bits per heavy atom. The minimum absolute atomic E-state index is 0.0181. The Balaban J connectivity index is 1.61. The number of carbonyl (C=O) groups excluding carboxylic acids is 2. The number of nitrogens with zero attached hydrogens (tertiary/aromatic N) is 2. The van der Waals surface area contributed by atoms with Gasteiger partial charge in [-0.25, -0.2) is 13.2 Å². The molecule has 126 valence electrons. The number of amides is 3. The van der Waals surface area contributed by atoms with Crippen molar-refractivity contribution < 1.29 is 18.0 Å². The number of carbonyl (C=O) groups is 2. The first-order valence-electron chi connectivity index (χ1n) is 7.35. The predicted octanol–water partition coefficient (Wildman–Crippen LogP) is 1.20. The van der Waals surface area contributed by atoms with Gasteiger partial charge in [-0.2, -0.15) is 5.10 Å². The Labute approximate surface area is 138 Å². The average Bonchev–Trinajstić information content (AvgIpc) is 3.14. The van der Waals surface area contributed by atoms with E-state index in [-0.39, 0.29) is 23.1 Å². The summed E-state index contributed by atoms with van der Waals surface area (Å²) in [7, 11) is -3.03. The lowest BCUT2D eigenvalue weighted by atomic mass is 10.2. The van der Waals surface area contributed by atoms with Gasteiger partial charge in [0, 0.05) is 11.9 Å². The van der Waals surface area contributed by atoms with Crippen molar-refractivity contribution in [2.24, 2.45) is 0 Å². The van der Waals surface area contributed by atoms with Crippen molar-refractivity contribution in [1.29, 1.82) is 0 Å².